The van der Waals surface area contributed by atoms with E-state index in [-0.39, 0.29) is 24.4 Å². The number of amides is 1. The van der Waals surface area contributed by atoms with Gasteiger partial charge in [0.25, 0.3) is 5.91 Å². The van der Waals surface area contributed by atoms with Crippen molar-refractivity contribution in [2.75, 3.05) is 6.54 Å². The number of carbonyl (C=O) groups is 1. The molecule has 2 aromatic rings. The first-order valence-corrected chi connectivity index (χ1v) is 8.36. The molecule has 130 valence electrons. The van der Waals surface area contributed by atoms with Crippen molar-refractivity contribution in [3.05, 3.63) is 64.6 Å². The number of nitrogens with two attached hydrogens (primary N) is 1. The number of nitrogens with one attached hydrogen (secondary N) is 1. The van der Waals surface area contributed by atoms with Crippen molar-refractivity contribution in [3.8, 4) is 5.75 Å². The zero-order valence-electron chi connectivity index (χ0n) is 13.4. The van der Waals surface area contributed by atoms with Crippen LogP contribution >= 0.6 is 28.3 Å². The Bertz CT molecular complexity index is 638. The van der Waals surface area contributed by atoms with Crippen molar-refractivity contribution >= 4 is 34.2 Å². The highest BCUT2D eigenvalue weighted by Crippen LogP contribution is 2.25. The summed E-state index contributed by atoms with van der Waals surface area (Å²) in [6, 6.07) is 17.0. The van der Waals surface area contributed by atoms with Crippen LogP contribution in [-0.2, 0) is 4.79 Å². The smallest absolute Gasteiger partial charge is 0.265 e. The van der Waals surface area contributed by atoms with Gasteiger partial charge in [0.15, 0.2) is 0 Å². The zero-order chi connectivity index (χ0) is 16.7. The van der Waals surface area contributed by atoms with E-state index in [1.54, 1.807) is 0 Å². The van der Waals surface area contributed by atoms with E-state index >= 15 is 0 Å². The summed E-state index contributed by atoms with van der Waals surface area (Å²) in [6.07, 6.45) is 0.0306. The Balaban J connectivity index is 0.00000288. The van der Waals surface area contributed by atoms with Gasteiger partial charge in [0, 0.05) is 22.6 Å². The number of ether oxygens (including phenoxy) is 1. The largest absolute Gasteiger partial charge is 0.476 e. The molecule has 1 amide bonds. The third kappa shape index (κ3) is 6.51. The Morgan fingerprint density at radius 1 is 1.21 bits per heavy atom. The first-order chi connectivity index (χ1) is 11.1. The number of hydrogen-bond acceptors (Lipinski definition) is 3. The van der Waals surface area contributed by atoms with Crippen molar-refractivity contribution in [2.45, 2.75) is 25.5 Å². The maximum absolute atomic E-state index is 12.5. The van der Waals surface area contributed by atoms with Gasteiger partial charge in [-0.05, 0) is 31.5 Å². The minimum Gasteiger partial charge on any atom is -0.476 e. The van der Waals surface area contributed by atoms with Crippen LogP contribution < -0.4 is 15.8 Å². The van der Waals surface area contributed by atoms with Crippen LogP contribution in [0.2, 0.25) is 0 Å². The van der Waals surface area contributed by atoms with Crippen molar-refractivity contribution in [1.29, 1.82) is 0 Å². The van der Waals surface area contributed by atoms with Gasteiger partial charge in [-0.25, -0.2) is 0 Å². The van der Waals surface area contributed by atoms with Crippen LogP contribution in [0.15, 0.2) is 59.1 Å². The molecule has 0 heterocycles. The molecule has 0 aliphatic heterocycles. The Hall–Kier alpha value is -1.56. The van der Waals surface area contributed by atoms with Crippen LogP contribution in [-0.4, -0.2) is 18.5 Å². The molecular formula is C18H22BrClN2O2. The molecule has 4 nitrogen and oxygen atoms in total. The standard InChI is InChI=1S/C18H21BrN2O2.ClH/c1-13(20)10-11-21-18(22)17(14-6-3-2-4-7-14)23-16-9-5-8-15(19)12-16;/h2-9,12-13,17H,10-11,20H2,1H3,(H,21,22);1H. The molecule has 0 spiro atoms. The molecule has 0 fully saturated rings. The highest BCUT2D eigenvalue weighted by Gasteiger charge is 2.22. The van der Waals surface area contributed by atoms with Crippen molar-refractivity contribution in [2.24, 2.45) is 5.73 Å². The summed E-state index contributed by atoms with van der Waals surface area (Å²) in [7, 11) is 0. The van der Waals surface area contributed by atoms with Crippen LogP contribution in [0.4, 0.5) is 0 Å². The second-order valence-corrected chi connectivity index (χ2v) is 6.34. The molecule has 24 heavy (non-hydrogen) atoms. The molecule has 0 aliphatic rings. The van der Waals surface area contributed by atoms with E-state index in [2.05, 4.69) is 21.2 Å². The van der Waals surface area contributed by atoms with E-state index in [0.717, 1.165) is 16.5 Å². The van der Waals surface area contributed by atoms with E-state index in [9.17, 15) is 4.79 Å². The number of halogens is 2. The second-order valence-electron chi connectivity index (χ2n) is 5.42. The fraction of sp³-hybridized carbons (Fsp3) is 0.278. The summed E-state index contributed by atoms with van der Waals surface area (Å²) in [5.74, 6) is 0.465. The van der Waals surface area contributed by atoms with Crippen molar-refractivity contribution < 1.29 is 9.53 Å². The molecule has 2 atom stereocenters. The Labute approximate surface area is 157 Å². The van der Waals surface area contributed by atoms with Gasteiger partial charge < -0.3 is 15.8 Å². The maximum atomic E-state index is 12.5. The van der Waals surface area contributed by atoms with Gasteiger partial charge in [-0.3, -0.25) is 4.79 Å². The van der Waals surface area contributed by atoms with Gasteiger partial charge in [-0.2, -0.15) is 0 Å². The lowest BCUT2D eigenvalue weighted by Gasteiger charge is -2.19. The fourth-order valence-electron chi connectivity index (χ4n) is 2.09. The lowest BCUT2D eigenvalue weighted by Crippen LogP contribution is -2.35. The molecule has 3 N–H and O–H groups in total. The quantitative estimate of drug-likeness (QED) is 0.725. The molecule has 0 saturated heterocycles. The molecule has 2 aromatic carbocycles. The van der Waals surface area contributed by atoms with Crippen LogP contribution in [0.1, 0.15) is 25.0 Å². The fourth-order valence-corrected chi connectivity index (χ4v) is 2.47. The molecule has 2 unspecified atom stereocenters. The Kier molecular flexibility index (Phi) is 8.82. The van der Waals surface area contributed by atoms with Gasteiger partial charge >= 0.3 is 0 Å². The molecule has 0 radical (unpaired) electrons. The first kappa shape index (κ1) is 20.5. The summed E-state index contributed by atoms with van der Waals surface area (Å²) in [5, 5.41) is 2.89. The average molecular weight is 414 g/mol. The number of carbonyl (C=O) groups excluding carboxylic acids is 1. The molecule has 0 bridgehead atoms. The SMILES string of the molecule is CC(N)CCNC(=O)C(Oc1cccc(Br)c1)c1ccccc1.Cl. The molecule has 0 aromatic heterocycles. The van der Waals surface area contributed by atoms with Crippen LogP contribution in [0.3, 0.4) is 0 Å². The topological polar surface area (TPSA) is 64.3 Å². The van der Waals surface area contributed by atoms with Crippen molar-refractivity contribution in [3.63, 3.8) is 0 Å². The van der Waals surface area contributed by atoms with E-state index in [4.69, 9.17) is 10.5 Å². The van der Waals surface area contributed by atoms with Gasteiger partial charge in [-0.1, -0.05) is 52.3 Å². The normalized spacial score (nSPS) is 12.6. The summed E-state index contributed by atoms with van der Waals surface area (Å²) in [5.41, 5.74) is 6.53. The maximum Gasteiger partial charge on any atom is 0.265 e. The third-order valence-electron chi connectivity index (χ3n) is 3.29. The van der Waals surface area contributed by atoms with E-state index in [1.165, 1.54) is 0 Å². The number of benzene rings is 2. The minimum absolute atomic E-state index is 0. The summed E-state index contributed by atoms with van der Waals surface area (Å²) >= 11 is 3.41. The van der Waals surface area contributed by atoms with Crippen LogP contribution in [0.25, 0.3) is 0 Å². The predicted molar refractivity (Wildman–Crippen MR) is 102 cm³/mol. The molecule has 0 saturated carbocycles. The van der Waals surface area contributed by atoms with E-state index in [1.807, 2.05) is 61.5 Å². The van der Waals surface area contributed by atoms with Gasteiger partial charge in [-0.15, -0.1) is 12.4 Å². The Morgan fingerprint density at radius 3 is 2.54 bits per heavy atom. The average Bonchev–Trinajstić information content (AvgIpc) is 2.53. The second kappa shape index (κ2) is 10.3. The van der Waals surface area contributed by atoms with E-state index in [0.29, 0.717) is 12.3 Å². The van der Waals surface area contributed by atoms with Crippen molar-refractivity contribution in [1.82, 2.24) is 5.32 Å². The van der Waals surface area contributed by atoms with E-state index < -0.39 is 6.10 Å². The highest BCUT2D eigenvalue weighted by molar-refractivity contribution is 9.10. The molecular weight excluding hydrogens is 392 g/mol. The van der Waals surface area contributed by atoms with Gasteiger partial charge in [0.2, 0.25) is 6.10 Å². The number of rotatable bonds is 7. The lowest BCUT2D eigenvalue weighted by atomic mass is 10.1. The summed E-state index contributed by atoms with van der Waals surface area (Å²) in [4.78, 5) is 12.5. The van der Waals surface area contributed by atoms with Crippen LogP contribution in [0.5, 0.6) is 5.75 Å². The monoisotopic (exact) mass is 412 g/mol. The molecule has 2 rings (SSSR count). The molecule has 0 aliphatic carbocycles. The minimum atomic E-state index is -0.696. The van der Waals surface area contributed by atoms with Gasteiger partial charge in [0.05, 0.1) is 0 Å². The first-order valence-electron chi connectivity index (χ1n) is 7.56. The lowest BCUT2D eigenvalue weighted by molar-refractivity contribution is -0.128. The Morgan fingerprint density at radius 2 is 1.92 bits per heavy atom. The summed E-state index contributed by atoms with van der Waals surface area (Å²) in [6.45, 7) is 2.44. The summed E-state index contributed by atoms with van der Waals surface area (Å²) < 4.78 is 6.83. The highest BCUT2D eigenvalue weighted by atomic mass is 79.9. The van der Waals surface area contributed by atoms with Crippen LogP contribution in [0, 0.1) is 0 Å². The predicted octanol–water partition coefficient (Wildman–Crippen LogP) is 3.84. The van der Waals surface area contributed by atoms with Gasteiger partial charge in [0.1, 0.15) is 5.75 Å². The molecule has 6 heteroatoms. The number of hydrogen-bond donors (Lipinski definition) is 2. The zero-order valence-corrected chi connectivity index (χ0v) is 15.8. The third-order valence-corrected chi connectivity index (χ3v) is 3.78.